The molecule has 0 spiro atoms. The van der Waals surface area contributed by atoms with Crippen LogP contribution < -0.4 is 0 Å². The highest BCUT2D eigenvalue weighted by molar-refractivity contribution is 7.26. The van der Waals surface area contributed by atoms with Crippen LogP contribution in [0.15, 0.2) is 230 Å². The second-order valence-corrected chi connectivity index (χ2v) is 17.1. The molecule has 0 saturated heterocycles. The van der Waals surface area contributed by atoms with Crippen molar-refractivity contribution in [3.63, 3.8) is 0 Å². The van der Waals surface area contributed by atoms with Gasteiger partial charge in [-0.05, 0) is 121 Å². The highest BCUT2D eigenvalue weighted by Crippen LogP contribution is 2.50. The Balaban J connectivity index is 1.13. The summed E-state index contributed by atoms with van der Waals surface area (Å²) in [5.41, 5.74) is 12.6. The number of thiophene rings is 1. The van der Waals surface area contributed by atoms with Crippen molar-refractivity contribution in [3.05, 3.63) is 247 Å². The maximum absolute atomic E-state index is 9.29. The summed E-state index contributed by atoms with van der Waals surface area (Å²) in [6.07, 6.45) is 0. The fraction of sp³-hybridized carbons (Fsp3) is 0.0164. The first kappa shape index (κ1) is 27.9. The third-order valence-corrected chi connectivity index (χ3v) is 13.9. The molecule has 1 unspecified atom stereocenters. The Hall–Kier alpha value is -7.78. The number of benzene rings is 10. The fourth-order valence-electron chi connectivity index (χ4n) is 9.96. The van der Waals surface area contributed by atoms with Crippen LogP contribution in [0.5, 0.6) is 0 Å². The standard InChI is InChI=1S/C61H39NS/c1-4-17-39(18-5-1)44-37-51(40-19-6-2-7-20-40)60(52(38-44)41-21-8-3-9-22-41)43-32-34-56-54(36-43)53-35-42(59-48-26-12-10-23-45(48)46-24-11-13-27-49(46)59)31-33-55(53)62(56)57-29-16-28-50-47-25-14-15-30-58(47)63-61(50)57/h1-38,59H/i1D,4D,5D,10D,12D,17D,18D,23D,26D. The molecule has 0 aliphatic heterocycles. The molecule has 2 heterocycles. The lowest BCUT2D eigenvalue weighted by Gasteiger charge is -2.19. The molecular weight excluding hydrogens is 779 g/mol. The van der Waals surface area contributed by atoms with Crippen molar-refractivity contribution in [1.82, 2.24) is 4.57 Å². The average Bonchev–Trinajstić information content (AvgIpc) is 4.09. The molecule has 1 aliphatic rings. The molecule has 0 N–H and O–H groups in total. The molecule has 10 aromatic carbocycles. The van der Waals surface area contributed by atoms with Crippen molar-refractivity contribution in [1.29, 1.82) is 0 Å². The van der Waals surface area contributed by atoms with Gasteiger partial charge in [0.15, 0.2) is 0 Å². The number of nitrogens with zero attached hydrogens (tertiary/aromatic N) is 1. The molecule has 2 aromatic heterocycles. The van der Waals surface area contributed by atoms with Gasteiger partial charge in [-0.3, -0.25) is 0 Å². The number of fused-ring (bicyclic) bond motifs is 9. The minimum Gasteiger partial charge on any atom is -0.308 e. The van der Waals surface area contributed by atoms with Crippen LogP contribution in [-0.2, 0) is 0 Å². The quantitative estimate of drug-likeness (QED) is 0.157. The van der Waals surface area contributed by atoms with Gasteiger partial charge >= 0.3 is 0 Å². The van der Waals surface area contributed by atoms with Crippen molar-refractivity contribution in [2.75, 3.05) is 0 Å². The second kappa shape index (κ2) is 14.4. The first-order chi connectivity index (χ1) is 35.0. The van der Waals surface area contributed by atoms with Gasteiger partial charge in [0.2, 0.25) is 0 Å². The molecule has 0 bridgehead atoms. The van der Waals surface area contributed by atoms with Gasteiger partial charge in [-0.15, -0.1) is 11.3 Å². The van der Waals surface area contributed by atoms with Gasteiger partial charge in [0, 0.05) is 32.2 Å². The topological polar surface area (TPSA) is 4.93 Å². The highest BCUT2D eigenvalue weighted by Gasteiger charge is 2.30. The zero-order chi connectivity index (χ0) is 49.3. The van der Waals surface area contributed by atoms with E-state index in [0.717, 1.165) is 82.3 Å². The molecule has 0 amide bonds. The van der Waals surface area contributed by atoms with E-state index >= 15 is 0 Å². The molecule has 63 heavy (non-hydrogen) atoms. The van der Waals surface area contributed by atoms with Gasteiger partial charge in [0.25, 0.3) is 0 Å². The van der Waals surface area contributed by atoms with Crippen molar-refractivity contribution in [2.24, 2.45) is 0 Å². The van der Waals surface area contributed by atoms with E-state index in [1.54, 1.807) is 11.3 Å². The van der Waals surface area contributed by atoms with E-state index < -0.39 is 24.0 Å². The molecule has 0 fully saturated rings. The summed E-state index contributed by atoms with van der Waals surface area (Å²) in [5.74, 6) is -0.460. The van der Waals surface area contributed by atoms with E-state index in [1.165, 1.54) is 15.5 Å². The first-order valence-electron chi connectivity index (χ1n) is 25.5. The minimum absolute atomic E-state index is 0.0395. The zero-order valence-electron chi connectivity index (χ0n) is 42.7. The maximum Gasteiger partial charge on any atom is 0.0640 e. The van der Waals surface area contributed by atoms with Crippen molar-refractivity contribution < 1.29 is 12.3 Å². The Morgan fingerprint density at radius 2 is 1.05 bits per heavy atom. The van der Waals surface area contributed by atoms with Crippen LogP contribution in [-0.4, -0.2) is 4.57 Å². The van der Waals surface area contributed by atoms with E-state index in [-0.39, 0.29) is 41.8 Å². The van der Waals surface area contributed by atoms with Crippen LogP contribution in [0.3, 0.4) is 0 Å². The SMILES string of the molecule is [2H]c1c([2H])c([2H])c(-c2cc(-c3ccccc3)c(-c3ccc4c(c3)c3cc(C5c6ccccc6-c6c([2H])c([2H])c([2H])c([2H])c65)ccc3n4-c3cccc4c3sc3ccccc34)c(-c3ccccc3)c2)c([2H])c1[2H]. The van der Waals surface area contributed by atoms with E-state index in [9.17, 15) is 1.37 Å². The Bertz CT molecular complexity index is 4180. The molecule has 0 saturated carbocycles. The monoisotopic (exact) mass is 826 g/mol. The summed E-state index contributed by atoms with van der Waals surface area (Å²) in [7, 11) is 0. The summed E-state index contributed by atoms with van der Waals surface area (Å²) in [5, 5.41) is 4.30. The Morgan fingerprint density at radius 3 is 1.84 bits per heavy atom. The van der Waals surface area contributed by atoms with E-state index in [2.05, 4.69) is 83.4 Å². The third kappa shape index (κ3) is 5.69. The molecule has 0 radical (unpaired) electrons. The van der Waals surface area contributed by atoms with Gasteiger partial charge in [-0.2, -0.15) is 0 Å². The summed E-state index contributed by atoms with van der Waals surface area (Å²) in [6.45, 7) is 0. The van der Waals surface area contributed by atoms with Gasteiger partial charge in [-0.1, -0.05) is 182 Å². The molecule has 1 aliphatic carbocycles. The summed E-state index contributed by atoms with van der Waals surface area (Å²) in [6, 6.07) is 57.4. The smallest absolute Gasteiger partial charge is 0.0640 e. The van der Waals surface area contributed by atoms with Gasteiger partial charge in [0.1, 0.15) is 0 Å². The lowest BCUT2D eigenvalue weighted by molar-refractivity contribution is 1.02. The highest BCUT2D eigenvalue weighted by atomic mass is 32.1. The number of hydrogen-bond acceptors (Lipinski definition) is 1. The molecule has 294 valence electrons. The molecule has 1 atom stereocenters. The van der Waals surface area contributed by atoms with Crippen LogP contribution in [0.4, 0.5) is 0 Å². The van der Waals surface area contributed by atoms with E-state index in [0.29, 0.717) is 16.7 Å². The molecule has 12 aromatic rings. The average molecular weight is 827 g/mol. The van der Waals surface area contributed by atoms with Crippen molar-refractivity contribution in [2.45, 2.75) is 5.92 Å². The Labute approximate surface area is 383 Å². The van der Waals surface area contributed by atoms with Crippen LogP contribution in [0, 0.1) is 0 Å². The fourth-order valence-corrected chi connectivity index (χ4v) is 11.2. The predicted octanol–water partition coefficient (Wildman–Crippen LogP) is 17.0. The van der Waals surface area contributed by atoms with Crippen LogP contribution >= 0.6 is 11.3 Å². The summed E-state index contributed by atoms with van der Waals surface area (Å²) in [4.78, 5) is 0. The van der Waals surface area contributed by atoms with E-state index in [1.807, 2.05) is 97.1 Å². The summed E-state index contributed by atoms with van der Waals surface area (Å²) >= 11 is 1.77. The number of hydrogen-bond donors (Lipinski definition) is 0. The van der Waals surface area contributed by atoms with Gasteiger partial charge in [-0.25, -0.2) is 0 Å². The summed E-state index contributed by atoms with van der Waals surface area (Å²) < 4.78 is 84.2. The molecule has 1 nitrogen and oxygen atoms in total. The van der Waals surface area contributed by atoms with Crippen molar-refractivity contribution in [3.8, 4) is 61.3 Å². The first-order valence-corrected chi connectivity index (χ1v) is 21.9. The van der Waals surface area contributed by atoms with Crippen LogP contribution in [0.2, 0.25) is 0 Å². The number of rotatable bonds is 6. The van der Waals surface area contributed by atoms with Crippen molar-refractivity contribution >= 4 is 53.3 Å². The number of aromatic nitrogens is 1. The third-order valence-electron chi connectivity index (χ3n) is 12.7. The van der Waals surface area contributed by atoms with Crippen LogP contribution in [0.1, 0.15) is 34.9 Å². The Morgan fingerprint density at radius 1 is 0.397 bits per heavy atom. The lowest BCUT2D eigenvalue weighted by atomic mass is 9.84. The van der Waals surface area contributed by atoms with Crippen LogP contribution in [0.25, 0.3) is 103 Å². The molecule has 2 heteroatoms. The Kier molecular flexibility index (Phi) is 6.39. The van der Waals surface area contributed by atoms with Gasteiger partial charge < -0.3 is 4.57 Å². The molecule has 13 rings (SSSR count). The predicted molar refractivity (Wildman–Crippen MR) is 268 cm³/mol. The second-order valence-electron chi connectivity index (χ2n) is 16.1. The van der Waals surface area contributed by atoms with E-state index in [4.69, 9.17) is 11.0 Å². The zero-order valence-corrected chi connectivity index (χ0v) is 34.5. The normalized spacial score (nSPS) is 15.2. The lowest BCUT2D eigenvalue weighted by Crippen LogP contribution is -1.99. The van der Waals surface area contributed by atoms with Gasteiger partial charge in [0.05, 0.1) is 33.8 Å². The maximum atomic E-state index is 9.29. The minimum atomic E-state index is -0.460. The molecular formula is C61H39NS. The largest absolute Gasteiger partial charge is 0.308 e.